The quantitative estimate of drug-likeness (QED) is 0.708. The Morgan fingerprint density at radius 1 is 1.03 bits per heavy atom. The molecule has 0 fully saturated rings. The lowest BCUT2D eigenvalue weighted by Gasteiger charge is -2.14. The van der Waals surface area contributed by atoms with E-state index in [1.54, 1.807) is 26.0 Å². The number of sulfone groups is 1. The summed E-state index contributed by atoms with van der Waals surface area (Å²) in [6.07, 6.45) is -5.64. The van der Waals surface area contributed by atoms with Gasteiger partial charge in [0.25, 0.3) is 0 Å². The Hall–Kier alpha value is -2.39. The first-order chi connectivity index (χ1) is 13.4. The molecular weight excluding hydrogens is 407 g/mol. The highest BCUT2D eigenvalue weighted by Crippen LogP contribution is 2.29. The third-order valence-electron chi connectivity index (χ3n) is 4.35. The molecule has 1 amide bonds. The van der Waals surface area contributed by atoms with Gasteiger partial charge in [-0.2, -0.15) is 13.2 Å². The molecule has 2 aromatic carbocycles. The summed E-state index contributed by atoms with van der Waals surface area (Å²) in [6.45, 7) is 3.00. The van der Waals surface area contributed by atoms with Crippen molar-refractivity contribution in [1.82, 2.24) is 5.32 Å². The van der Waals surface area contributed by atoms with E-state index in [2.05, 4.69) is 5.32 Å². The molecule has 5 nitrogen and oxygen atoms in total. The van der Waals surface area contributed by atoms with E-state index in [1.165, 1.54) is 12.1 Å². The van der Waals surface area contributed by atoms with Crippen molar-refractivity contribution in [3.05, 3.63) is 65.2 Å². The van der Waals surface area contributed by atoms with Crippen molar-refractivity contribution in [3.63, 3.8) is 0 Å². The zero-order chi connectivity index (χ0) is 21.8. The topological polar surface area (TPSA) is 83.5 Å². The number of alkyl halides is 3. The first-order valence-corrected chi connectivity index (χ1v) is 10.4. The Kier molecular flexibility index (Phi) is 7.07. The molecule has 1 unspecified atom stereocenters. The summed E-state index contributed by atoms with van der Waals surface area (Å²) in [5, 5.41) is 12.0. The molecular formula is C20H22F3NO4S. The second-order valence-electron chi connectivity index (χ2n) is 6.85. The van der Waals surface area contributed by atoms with Crippen molar-refractivity contribution < 1.29 is 31.5 Å². The van der Waals surface area contributed by atoms with Crippen molar-refractivity contribution in [2.24, 2.45) is 0 Å². The molecule has 1 atom stereocenters. The second kappa shape index (κ2) is 8.96. The van der Waals surface area contributed by atoms with Gasteiger partial charge in [0.2, 0.25) is 5.91 Å². The van der Waals surface area contributed by atoms with Gasteiger partial charge in [-0.25, -0.2) is 8.42 Å². The summed E-state index contributed by atoms with van der Waals surface area (Å²) >= 11 is 0. The van der Waals surface area contributed by atoms with E-state index in [0.29, 0.717) is 5.56 Å². The lowest BCUT2D eigenvalue weighted by molar-refractivity contribution is -0.137. The van der Waals surface area contributed by atoms with Crippen LogP contribution in [0, 0.1) is 0 Å². The zero-order valence-electron chi connectivity index (χ0n) is 15.9. The van der Waals surface area contributed by atoms with Crippen LogP contribution in [0.1, 0.15) is 36.6 Å². The number of hydrogen-bond donors (Lipinski definition) is 2. The van der Waals surface area contributed by atoms with E-state index in [0.717, 1.165) is 24.3 Å². The molecule has 0 saturated heterocycles. The van der Waals surface area contributed by atoms with E-state index in [-0.39, 0.29) is 23.4 Å². The number of carbonyl (C=O) groups excluding carboxylic acids is 1. The van der Waals surface area contributed by atoms with Crippen LogP contribution in [0.25, 0.3) is 0 Å². The largest absolute Gasteiger partial charge is 0.416 e. The molecule has 158 valence electrons. The Bertz CT molecular complexity index is 937. The van der Waals surface area contributed by atoms with Gasteiger partial charge in [-0.3, -0.25) is 4.79 Å². The van der Waals surface area contributed by atoms with Gasteiger partial charge >= 0.3 is 6.18 Å². The minimum Gasteiger partial charge on any atom is -0.387 e. The van der Waals surface area contributed by atoms with E-state index >= 15 is 0 Å². The van der Waals surface area contributed by atoms with Gasteiger partial charge in [0.05, 0.1) is 28.2 Å². The summed E-state index contributed by atoms with van der Waals surface area (Å²) in [4.78, 5) is 12.2. The lowest BCUT2D eigenvalue weighted by Crippen LogP contribution is -2.29. The number of carbonyl (C=O) groups is 1. The number of aliphatic hydroxyl groups excluding tert-OH is 1. The van der Waals surface area contributed by atoms with Crippen molar-refractivity contribution in [3.8, 4) is 0 Å². The molecule has 0 bridgehead atoms. The summed E-state index contributed by atoms with van der Waals surface area (Å²) in [7, 11) is -3.39. The van der Waals surface area contributed by atoms with Crippen LogP contribution >= 0.6 is 0 Å². The van der Waals surface area contributed by atoms with Crippen LogP contribution < -0.4 is 5.32 Å². The predicted molar refractivity (Wildman–Crippen MR) is 102 cm³/mol. The van der Waals surface area contributed by atoms with Crippen molar-refractivity contribution in [2.45, 2.75) is 42.7 Å². The number of amides is 1. The van der Waals surface area contributed by atoms with Gasteiger partial charge in [0.1, 0.15) is 0 Å². The monoisotopic (exact) mass is 429 g/mol. The Labute approximate surface area is 167 Å². The fourth-order valence-corrected chi connectivity index (χ4v) is 3.60. The third kappa shape index (κ3) is 6.04. The van der Waals surface area contributed by atoms with Crippen molar-refractivity contribution in [2.75, 3.05) is 6.54 Å². The number of hydrogen-bond acceptors (Lipinski definition) is 4. The molecule has 0 spiro atoms. The number of aliphatic hydroxyl groups is 1. The van der Waals surface area contributed by atoms with E-state index < -0.39 is 38.8 Å². The van der Waals surface area contributed by atoms with Crippen LogP contribution in [0.2, 0.25) is 0 Å². The molecule has 0 aromatic heterocycles. The highest BCUT2D eigenvalue weighted by Gasteiger charge is 2.30. The SMILES string of the molecule is CC(C)S(=O)(=O)c1ccc(CC(=O)NCC(O)c2ccc(C(F)(F)F)cc2)cc1. The molecule has 0 aliphatic carbocycles. The fourth-order valence-electron chi connectivity index (χ4n) is 2.54. The van der Waals surface area contributed by atoms with E-state index in [1.807, 2.05) is 0 Å². The summed E-state index contributed by atoms with van der Waals surface area (Å²) in [5.74, 6) is -0.407. The van der Waals surface area contributed by atoms with Gasteiger partial charge in [-0.05, 0) is 49.2 Å². The van der Waals surface area contributed by atoms with Crippen LogP contribution in [-0.4, -0.2) is 31.2 Å². The first kappa shape index (κ1) is 22.9. The molecule has 2 aromatic rings. The van der Waals surface area contributed by atoms with Crippen LogP contribution in [0.4, 0.5) is 13.2 Å². The first-order valence-electron chi connectivity index (χ1n) is 8.86. The number of halogens is 3. The molecule has 0 radical (unpaired) electrons. The van der Waals surface area contributed by atoms with Crippen molar-refractivity contribution >= 4 is 15.7 Å². The van der Waals surface area contributed by atoms with Crippen LogP contribution in [-0.2, 0) is 27.2 Å². The lowest BCUT2D eigenvalue weighted by atomic mass is 10.1. The molecule has 0 aliphatic rings. The van der Waals surface area contributed by atoms with Crippen LogP contribution in [0.5, 0.6) is 0 Å². The number of rotatable bonds is 7. The van der Waals surface area contributed by atoms with Gasteiger partial charge in [-0.15, -0.1) is 0 Å². The summed E-state index contributed by atoms with van der Waals surface area (Å²) in [5.41, 5.74) is 0.0242. The average Bonchev–Trinajstić information content (AvgIpc) is 2.66. The smallest absolute Gasteiger partial charge is 0.387 e. The summed E-state index contributed by atoms with van der Waals surface area (Å²) < 4.78 is 61.8. The molecule has 29 heavy (non-hydrogen) atoms. The summed E-state index contributed by atoms with van der Waals surface area (Å²) in [6, 6.07) is 10.0. The average molecular weight is 429 g/mol. The van der Waals surface area contributed by atoms with E-state index in [9.17, 15) is 31.5 Å². The minimum atomic E-state index is -4.46. The minimum absolute atomic E-state index is 0.0261. The normalized spacial score (nSPS) is 13.3. The van der Waals surface area contributed by atoms with Gasteiger partial charge in [0, 0.05) is 6.54 Å². The third-order valence-corrected chi connectivity index (χ3v) is 6.52. The highest BCUT2D eigenvalue weighted by atomic mass is 32.2. The van der Waals surface area contributed by atoms with Crippen LogP contribution in [0.15, 0.2) is 53.4 Å². The molecule has 9 heteroatoms. The maximum atomic E-state index is 12.6. The molecule has 0 heterocycles. The number of benzene rings is 2. The maximum Gasteiger partial charge on any atom is 0.416 e. The predicted octanol–water partition coefficient (Wildman–Crippen LogP) is 3.28. The second-order valence-corrected chi connectivity index (χ2v) is 9.36. The standard InChI is InChI=1S/C20H22F3NO4S/c1-13(2)29(27,28)17-9-3-14(4-10-17)11-19(26)24-12-18(25)15-5-7-16(8-6-15)20(21,22)23/h3-10,13,18,25H,11-12H2,1-2H3,(H,24,26). The molecule has 2 N–H and O–H groups in total. The van der Waals surface area contributed by atoms with Gasteiger partial charge in [-0.1, -0.05) is 24.3 Å². The van der Waals surface area contributed by atoms with Crippen LogP contribution in [0.3, 0.4) is 0 Å². The van der Waals surface area contributed by atoms with Gasteiger partial charge < -0.3 is 10.4 Å². The Balaban J connectivity index is 1.91. The molecule has 0 saturated carbocycles. The Morgan fingerprint density at radius 3 is 2.07 bits per heavy atom. The molecule has 0 aliphatic heterocycles. The fraction of sp³-hybridized carbons (Fsp3) is 0.350. The van der Waals surface area contributed by atoms with Crippen molar-refractivity contribution in [1.29, 1.82) is 0 Å². The van der Waals surface area contributed by atoms with E-state index in [4.69, 9.17) is 0 Å². The molecule has 2 rings (SSSR count). The van der Waals surface area contributed by atoms with Gasteiger partial charge in [0.15, 0.2) is 9.84 Å². The zero-order valence-corrected chi connectivity index (χ0v) is 16.7. The maximum absolute atomic E-state index is 12.6. The number of nitrogens with one attached hydrogen (secondary N) is 1. The highest BCUT2D eigenvalue weighted by molar-refractivity contribution is 7.92. The Morgan fingerprint density at radius 2 is 1.59 bits per heavy atom.